The van der Waals surface area contributed by atoms with Crippen molar-refractivity contribution in [2.75, 3.05) is 0 Å². The first-order valence-corrected chi connectivity index (χ1v) is 13.5. The molecule has 0 heterocycles. The number of carbonyl (C=O) groups is 3. The molecule has 0 radical (unpaired) electrons. The van der Waals surface area contributed by atoms with E-state index in [2.05, 4.69) is 6.92 Å². The molecule has 0 bridgehead atoms. The third-order valence-corrected chi connectivity index (χ3v) is 6.75. The van der Waals surface area contributed by atoms with Gasteiger partial charge in [0.2, 0.25) is 0 Å². The minimum Gasteiger partial charge on any atom is -0.477 e. The van der Waals surface area contributed by atoms with Gasteiger partial charge in [-0.2, -0.15) is 0 Å². The maximum absolute atomic E-state index is 12.4. The monoisotopic (exact) mass is 484 g/mol. The molecule has 0 aliphatic rings. The zero-order chi connectivity index (χ0) is 26.0. The summed E-state index contributed by atoms with van der Waals surface area (Å²) >= 11 is 0. The number of nitrogens with zero attached hydrogens (tertiary/aromatic N) is 1. The van der Waals surface area contributed by atoms with Gasteiger partial charge in [0, 0.05) is 19.3 Å². The van der Waals surface area contributed by atoms with Gasteiger partial charge in [0.25, 0.3) is 0 Å². The van der Waals surface area contributed by atoms with Crippen molar-refractivity contribution >= 4 is 17.9 Å². The fraction of sp³-hybridized carbons (Fsp3) is 0.815. The number of carboxylic acids is 3. The third-order valence-electron chi connectivity index (χ3n) is 6.75. The topological polar surface area (TPSA) is 112 Å². The molecule has 3 atom stereocenters. The first-order valence-electron chi connectivity index (χ1n) is 13.5. The van der Waals surface area contributed by atoms with Crippen LogP contribution in [-0.2, 0) is 14.4 Å². The van der Waals surface area contributed by atoms with Crippen LogP contribution in [0.2, 0.25) is 0 Å². The SMILES string of the molecule is CCCCCCCCCC/C=C/[N+](C(CCC)C(=O)O)(C(CCC)C(=O)O)C(CCC)C(=O)O. The van der Waals surface area contributed by atoms with Crippen molar-refractivity contribution in [3.8, 4) is 0 Å². The number of unbranched alkanes of at least 4 members (excludes halogenated alkanes) is 8. The van der Waals surface area contributed by atoms with E-state index < -0.39 is 40.5 Å². The van der Waals surface area contributed by atoms with Gasteiger partial charge >= 0.3 is 17.9 Å². The van der Waals surface area contributed by atoms with Crippen molar-refractivity contribution in [3.05, 3.63) is 12.3 Å². The maximum atomic E-state index is 12.4. The summed E-state index contributed by atoms with van der Waals surface area (Å²) in [4.78, 5) is 37.3. The highest BCUT2D eigenvalue weighted by Gasteiger charge is 2.56. The molecular formula is C27H50NO6+. The highest BCUT2D eigenvalue weighted by molar-refractivity contribution is 5.78. The molecule has 0 aromatic rings. The Balaban J connectivity index is 6.03. The smallest absolute Gasteiger partial charge is 0.363 e. The average molecular weight is 485 g/mol. The standard InChI is InChI=1S/C27H49NO6/c1-5-9-10-11-12-13-14-15-16-17-21-28(22(18-6-2)25(29)30,23(19-7-3)26(31)32)24(20-8-4)27(33)34/h17,21-24H,5-16,18-20H2,1-4H3,(H2-,29,30,31,32,33,34)/p+1/b21-17+. The van der Waals surface area contributed by atoms with E-state index in [0.29, 0.717) is 25.7 Å². The molecule has 0 amide bonds. The first-order chi connectivity index (χ1) is 16.2. The van der Waals surface area contributed by atoms with Crippen molar-refractivity contribution in [1.82, 2.24) is 0 Å². The van der Waals surface area contributed by atoms with Gasteiger partial charge in [-0.15, -0.1) is 0 Å². The van der Waals surface area contributed by atoms with Crippen LogP contribution in [0.3, 0.4) is 0 Å². The van der Waals surface area contributed by atoms with E-state index in [-0.39, 0.29) is 19.3 Å². The molecule has 0 aliphatic heterocycles. The minimum atomic E-state index is -1.14. The summed E-state index contributed by atoms with van der Waals surface area (Å²) < 4.78 is -0.549. The molecule has 0 rings (SSSR count). The van der Waals surface area contributed by atoms with E-state index in [1.165, 1.54) is 32.1 Å². The van der Waals surface area contributed by atoms with Gasteiger partial charge in [-0.05, 0) is 38.2 Å². The third kappa shape index (κ3) is 10.2. The molecule has 7 heteroatoms. The Labute approximate surface area is 206 Å². The predicted octanol–water partition coefficient (Wildman–Crippen LogP) is 6.61. The lowest BCUT2D eigenvalue weighted by Crippen LogP contribution is -2.69. The summed E-state index contributed by atoms with van der Waals surface area (Å²) in [6.07, 6.45) is 15.8. The number of rotatable bonds is 22. The Morgan fingerprint density at radius 1 is 0.588 bits per heavy atom. The average Bonchev–Trinajstić information content (AvgIpc) is 2.78. The van der Waals surface area contributed by atoms with E-state index in [9.17, 15) is 29.7 Å². The summed E-state index contributed by atoms with van der Waals surface area (Å²) in [5, 5.41) is 30.5. The van der Waals surface area contributed by atoms with Gasteiger partial charge in [0.1, 0.15) is 0 Å². The Bertz CT molecular complexity index is 558. The maximum Gasteiger partial charge on any atom is 0.363 e. The van der Waals surface area contributed by atoms with Crippen LogP contribution in [0.25, 0.3) is 0 Å². The zero-order valence-electron chi connectivity index (χ0n) is 22.0. The van der Waals surface area contributed by atoms with Crippen LogP contribution in [0.15, 0.2) is 12.3 Å². The van der Waals surface area contributed by atoms with E-state index in [0.717, 1.165) is 19.3 Å². The molecule has 0 spiro atoms. The largest absolute Gasteiger partial charge is 0.477 e. The Kier molecular flexibility index (Phi) is 17.4. The zero-order valence-corrected chi connectivity index (χ0v) is 22.0. The van der Waals surface area contributed by atoms with Gasteiger partial charge < -0.3 is 15.3 Å². The van der Waals surface area contributed by atoms with E-state index >= 15 is 0 Å². The molecule has 34 heavy (non-hydrogen) atoms. The second kappa shape index (κ2) is 18.4. The van der Waals surface area contributed by atoms with Crippen molar-refractivity contribution in [1.29, 1.82) is 0 Å². The number of aliphatic carboxylic acids is 3. The molecule has 0 saturated carbocycles. The normalized spacial score (nSPS) is 16.1. The summed E-state index contributed by atoms with van der Waals surface area (Å²) in [7, 11) is 0. The van der Waals surface area contributed by atoms with Crippen LogP contribution < -0.4 is 0 Å². The summed E-state index contributed by atoms with van der Waals surface area (Å²) in [6, 6.07) is -3.37. The van der Waals surface area contributed by atoms with Crippen molar-refractivity contribution < 1.29 is 34.2 Å². The molecule has 3 unspecified atom stereocenters. The number of hydrogen-bond donors (Lipinski definition) is 3. The van der Waals surface area contributed by atoms with Crippen LogP contribution >= 0.6 is 0 Å². The van der Waals surface area contributed by atoms with Gasteiger partial charge in [-0.3, -0.25) is 4.48 Å². The molecular weight excluding hydrogens is 434 g/mol. The molecule has 3 N–H and O–H groups in total. The van der Waals surface area contributed by atoms with Crippen molar-refractivity contribution in [2.45, 2.75) is 142 Å². The Morgan fingerprint density at radius 3 is 1.26 bits per heavy atom. The summed E-state index contributed by atoms with van der Waals surface area (Å²) in [6.45, 7) is 7.74. The van der Waals surface area contributed by atoms with Gasteiger partial charge in [-0.25, -0.2) is 14.4 Å². The fourth-order valence-corrected chi connectivity index (χ4v) is 5.05. The lowest BCUT2D eigenvalue weighted by molar-refractivity contribution is -0.928. The molecule has 0 saturated heterocycles. The number of hydrogen-bond acceptors (Lipinski definition) is 3. The molecule has 198 valence electrons. The van der Waals surface area contributed by atoms with Crippen LogP contribution in [0, 0.1) is 0 Å². The molecule has 7 nitrogen and oxygen atoms in total. The van der Waals surface area contributed by atoms with Crippen molar-refractivity contribution in [2.24, 2.45) is 0 Å². The van der Waals surface area contributed by atoms with E-state index in [1.54, 1.807) is 6.20 Å². The van der Waals surface area contributed by atoms with E-state index in [4.69, 9.17) is 0 Å². The Hall–Kier alpha value is -1.89. The van der Waals surface area contributed by atoms with Crippen molar-refractivity contribution in [3.63, 3.8) is 0 Å². The van der Waals surface area contributed by atoms with Gasteiger partial charge in [0.05, 0.1) is 6.20 Å². The minimum absolute atomic E-state index is 0.221. The fourth-order valence-electron chi connectivity index (χ4n) is 5.05. The van der Waals surface area contributed by atoms with Crippen LogP contribution in [0.5, 0.6) is 0 Å². The van der Waals surface area contributed by atoms with Crippen LogP contribution in [0.1, 0.15) is 124 Å². The predicted molar refractivity (Wildman–Crippen MR) is 136 cm³/mol. The Morgan fingerprint density at radius 2 is 0.941 bits per heavy atom. The molecule has 0 fully saturated rings. The number of quaternary nitrogens is 1. The quantitative estimate of drug-likeness (QED) is 0.118. The second-order valence-electron chi connectivity index (χ2n) is 9.47. The lowest BCUT2D eigenvalue weighted by atomic mass is 9.93. The molecule has 0 aromatic heterocycles. The van der Waals surface area contributed by atoms with Crippen LogP contribution in [-0.4, -0.2) is 55.8 Å². The highest BCUT2D eigenvalue weighted by Crippen LogP contribution is 2.34. The lowest BCUT2D eigenvalue weighted by Gasteiger charge is -2.47. The van der Waals surface area contributed by atoms with Gasteiger partial charge in [0.15, 0.2) is 18.1 Å². The second-order valence-corrected chi connectivity index (χ2v) is 9.47. The summed E-state index contributed by atoms with van der Waals surface area (Å²) in [5.74, 6) is -3.41. The highest BCUT2D eigenvalue weighted by atomic mass is 16.4. The van der Waals surface area contributed by atoms with Crippen LogP contribution in [0.4, 0.5) is 0 Å². The van der Waals surface area contributed by atoms with Gasteiger partial charge in [-0.1, -0.05) is 72.6 Å². The number of allylic oxidation sites excluding steroid dienone is 1. The molecule has 0 aromatic carbocycles. The number of carboxylic acid groups (broad SMARTS) is 3. The summed E-state index contributed by atoms with van der Waals surface area (Å²) in [5.41, 5.74) is 0. The molecule has 0 aliphatic carbocycles. The van der Waals surface area contributed by atoms with E-state index in [1.807, 2.05) is 26.8 Å². The first kappa shape index (κ1) is 32.1.